The molecular formula is C19H21F3N4O4. The largest absolute Gasteiger partial charge is 0.474 e. The van der Waals surface area contributed by atoms with E-state index in [1.54, 1.807) is 6.07 Å². The molecule has 1 aliphatic heterocycles. The predicted molar refractivity (Wildman–Crippen MR) is 96.3 cm³/mol. The number of carbonyl (C=O) groups is 3. The monoisotopic (exact) mass is 426 g/mol. The number of carbonyl (C=O) groups excluding carboxylic acids is 3. The predicted octanol–water partition coefficient (Wildman–Crippen LogP) is 2.13. The van der Waals surface area contributed by atoms with E-state index in [4.69, 9.17) is 10.5 Å². The zero-order valence-corrected chi connectivity index (χ0v) is 15.9. The van der Waals surface area contributed by atoms with Crippen molar-refractivity contribution >= 4 is 17.8 Å². The Bertz CT molecular complexity index is 877. The van der Waals surface area contributed by atoms with Gasteiger partial charge in [-0.2, -0.15) is 13.2 Å². The average Bonchev–Trinajstić information content (AvgIpc) is 2.87. The van der Waals surface area contributed by atoms with Crippen LogP contribution in [-0.2, 0) is 4.79 Å². The number of imide groups is 1. The number of nitrogens with one attached hydrogen (secondary N) is 1. The molecule has 4 rings (SSSR count). The number of hydrogen-bond acceptors (Lipinski definition) is 5. The third kappa shape index (κ3) is 3.80. The first-order valence-corrected chi connectivity index (χ1v) is 9.69. The lowest BCUT2D eigenvalue weighted by molar-refractivity contribution is -0.144. The molecular weight excluding hydrogens is 405 g/mol. The second-order valence-electron chi connectivity index (χ2n) is 8.29. The maximum absolute atomic E-state index is 12.4. The van der Waals surface area contributed by atoms with Gasteiger partial charge in [-0.15, -0.1) is 0 Å². The number of aromatic nitrogens is 1. The van der Waals surface area contributed by atoms with Gasteiger partial charge in [-0.05, 0) is 49.7 Å². The number of alkyl halides is 3. The third-order valence-electron chi connectivity index (χ3n) is 6.11. The number of amides is 4. The van der Waals surface area contributed by atoms with Gasteiger partial charge in [0.1, 0.15) is 17.7 Å². The summed E-state index contributed by atoms with van der Waals surface area (Å²) in [6, 6.07) is 1.06. The molecule has 2 heterocycles. The first-order chi connectivity index (χ1) is 14.1. The van der Waals surface area contributed by atoms with Crippen LogP contribution in [-0.4, -0.2) is 52.1 Å². The van der Waals surface area contributed by atoms with Crippen molar-refractivity contribution in [3.63, 3.8) is 0 Å². The Labute approximate surface area is 169 Å². The van der Waals surface area contributed by atoms with Crippen LogP contribution >= 0.6 is 0 Å². The normalized spacial score (nSPS) is 30.6. The van der Waals surface area contributed by atoms with Gasteiger partial charge in [-0.3, -0.25) is 14.5 Å². The van der Waals surface area contributed by atoms with Gasteiger partial charge in [-0.25, -0.2) is 9.78 Å². The van der Waals surface area contributed by atoms with Crippen molar-refractivity contribution in [1.29, 1.82) is 0 Å². The fourth-order valence-corrected chi connectivity index (χ4v) is 4.67. The van der Waals surface area contributed by atoms with Crippen LogP contribution in [0.4, 0.5) is 18.0 Å². The number of halogens is 3. The zero-order valence-electron chi connectivity index (χ0n) is 15.9. The average molecular weight is 426 g/mol. The molecule has 4 amide bonds. The van der Waals surface area contributed by atoms with Crippen molar-refractivity contribution in [3.8, 4) is 5.88 Å². The maximum atomic E-state index is 12.4. The molecule has 2 saturated carbocycles. The number of ether oxygens (including phenoxy) is 1. The lowest BCUT2D eigenvalue weighted by Crippen LogP contribution is -2.60. The summed E-state index contributed by atoms with van der Waals surface area (Å²) in [5.74, 6) is -1.03. The minimum Gasteiger partial charge on any atom is -0.474 e. The van der Waals surface area contributed by atoms with Gasteiger partial charge in [-0.1, -0.05) is 0 Å². The summed E-state index contributed by atoms with van der Waals surface area (Å²) in [6.07, 6.45) is -2.06. The molecule has 1 aromatic rings. The highest BCUT2D eigenvalue weighted by Crippen LogP contribution is 2.58. The number of urea groups is 1. The van der Waals surface area contributed by atoms with Crippen LogP contribution in [0.2, 0.25) is 0 Å². The van der Waals surface area contributed by atoms with Crippen LogP contribution in [0, 0.1) is 5.41 Å². The standard InChI is InChI=1S/C19H21F3N4O4/c20-19(21,22)4-3-13-16(28)26(17(29)25-13)10-6-18(7-10)8-11(9-18)30-15-12(14(23)27)2-1-5-24-15/h1-2,5,10-11,13H,3-4,6-9H2,(H2,23,27)(H,25,29). The smallest absolute Gasteiger partial charge is 0.389 e. The van der Waals surface area contributed by atoms with E-state index in [9.17, 15) is 27.6 Å². The summed E-state index contributed by atoms with van der Waals surface area (Å²) >= 11 is 0. The van der Waals surface area contributed by atoms with Crippen LogP contribution in [0.15, 0.2) is 18.3 Å². The van der Waals surface area contributed by atoms with E-state index in [0.717, 1.165) is 4.90 Å². The fourth-order valence-electron chi connectivity index (χ4n) is 4.67. The first-order valence-electron chi connectivity index (χ1n) is 9.69. The molecule has 2 aliphatic carbocycles. The minimum atomic E-state index is -4.37. The Hall–Kier alpha value is -2.85. The molecule has 3 fully saturated rings. The number of rotatable bonds is 6. The van der Waals surface area contributed by atoms with Gasteiger partial charge in [0.05, 0.1) is 0 Å². The molecule has 30 heavy (non-hydrogen) atoms. The van der Waals surface area contributed by atoms with Gasteiger partial charge in [0.2, 0.25) is 5.88 Å². The van der Waals surface area contributed by atoms with E-state index in [-0.39, 0.29) is 29.0 Å². The summed E-state index contributed by atoms with van der Waals surface area (Å²) in [5.41, 5.74) is 5.45. The summed E-state index contributed by atoms with van der Waals surface area (Å²) in [5, 5.41) is 2.36. The molecule has 1 unspecified atom stereocenters. The van der Waals surface area contributed by atoms with Crippen molar-refractivity contribution < 1.29 is 32.3 Å². The van der Waals surface area contributed by atoms with Crippen molar-refractivity contribution in [2.75, 3.05) is 0 Å². The molecule has 11 heteroatoms. The van der Waals surface area contributed by atoms with E-state index >= 15 is 0 Å². The number of primary amides is 1. The molecule has 0 bridgehead atoms. The third-order valence-corrected chi connectivity index (χ3v) is 6.11. The molecule has 162 valence electrons. The first kappa shape index (κ1) is 20.4. The number of nitrogens with two attached hydrogens (primary N) is 1. The number of nitrogens with zero attached hydrogens (tertiary/aromatic N) is 2. The summed E-state index contributed by atoms with van der Waals surface area (Å²) in [4.78, 5) is 41.1. The van der Waals surface area contributed by atoms with Crippen LogP contribution in [0.1, 0.15) is 48.9 Å². The molecule has 8 nitrogen and oxygen atoms in total. The van der Waals surface area contributed by atoms with Gasteiger partial charge in [0.25, 0.3) is 11.8 Å². The Morgan fingerprint density at radius 3 is 2.63 bits per heavy atom. The van der Waals surface area contributed by atoms with E-state index < -0.39 is 42.9 Å². The highest BCUT2D eigenvalue weighted by molar-refractivity contribution is 6.04. The highest BCUT2D eigenvalue weighted by Gasteiger charge is 2.58. The highest BCUT2D eigenvalue weighted by atomic mass is 19.4. The number of pyridine rings is 1. The fraction of sp³-hybridized carbons (Fsp3) is 0.579. The summed E-state index contributed by atoms with van der Waals surface area (Å²) in [7, 11) is 0. The van der Waals surface area contributed by atoms with Crippen molar-refractivity contribution in [2.24, 2.45) is 11.1 Å². The van der Waals surface area contributed by atoms with Crippen LogP contribution < -0.4 is 15.8 Å². The lowest BCUT2D eigenvalue weighted by Gasteiger charge is -2.58. The van der Waals surface area contributed by atoms with E-state index in [0.29, 0.717) is 25.7 Å². The SMILES string of the molecule is NC(=O)c1cccnc1OC1CC2(C1)CC(N1C(=O)NC(CCC(F)(F)F)C1=O)C2. The van der Waals surface area contributed by atoms with E-state index in [2.05, 4.69) is 10.3 Å². The molecule has 3 aliphatic rings. The van der Waals surface area contributed by atoms with Gasteiger partial charge >= 0.3 is 12.2 Å². The van der Waals surface area contributed by atoms with Crippen molar-refractivity contribution in [2.45, 2.75) is 62.9 Å². The van der Waals surface area contributed by atoms with E-state index in [1.165, 1.54) is 12.3 Å². The van der Waals surface area contributed by atoms with Gasteiger partial charge in [0, 0.05) is 18.7 Å². The molecule has 1 spiro atoms. The summed E-state index contributed by atoms with van der Waals surface area (Å²) in [6.45, 7) is 0. The van der Waals surface area contributed by atoms with Crippen LogP contribution in [0.3, 0.4) is 0 Å². The zero-order chi connectivity index (χ0) is 21.7. The second kappa shape index (κ2) is 7.13. The Kier molecular flexibility index (Phi) is 4.86. The molecule has 0 radical (unpaired) electrons. The second-order valence-corrected chi connectivity index (χ2v) is 8.29. The quantitative estimate of drug-likeness (QED) is 0.677. The van der Waals surface area contributed by atoms with Crippen LogP contribution in [0.5, 0.6) is 5.88 Å². The Balaban J connectivity index is 1.28. The molecule has 1 saturated heterocycles. The molecule has 1 aromatic heterocycles. The molecule has 0 aromatic carbocycles. The van der Waals surface area contributed by atoms with Crippen molar-refractivity contribution in [3.05, 3.63) is 23.9 Å². The topological polar surface area (TPSA) is 115 Å². The van der Waals surface area contributed by atoms with Crippen LogP contribution in [0.25, 0.3) is 0 Å². The van der Waals surface area contributed by atoms with E-state index in [1.807, 2.05) is 0 Å². The minimum absolute atomic E-state index is 0.0678. The Morgan fingerprint density at radius 2 is 2.00 bits per heavy atom. The van der Waals surface area contributed by atoms with Gasteiger partial charge < -0.3 is 15.8 Å². The summed E-state index contributed by atoms with van der Waals surface area (Å²) < 4.78 is 43.0. The Morgan fingerprint density at radius 1 is 1.30 bits per heavy atom. The molecule has 3 N–H and O–H groups in total. The van der Waals surface area contributed by atoms with Gasteiger partial charge in [0.15, 0.2) is 0 Å². The number of hydrogen-bond donors (Lipinski definition) is 2. The maximum Gasteiger partial charge on any atom is 0.389 e. The van der Waals surface area contributed by atoms with Crippen molar-refractivity contribution in [1.82, 2.24) is 15.2 Å². The molecule has 1 atom stereocenters. The lowest BCUT2D eigenvalue weighted by atomic mass is 9.52.